The van der Waals surface area contributed by atoms with Gasteiger partial charge in [0.2, 0.25) is 0 Å². The zero-order valence-corrected chi connectivity index (χ0v) is 9.29. The minimum atomic E-state index is -0.0443. The van der Waals surface area contributed by atoms with Crippen LogP contribution in [0.25, 0.3) is 0 Å². The quantitative estimate of drug-likeness (QED) is 0.760. The molecule has 14 heavy (non-hydrogen) atoms. The monoisotopic (exact) mass is 191 g/mol. The van der Waals surface area contributed by atoms with Crippen molar-refractivity contribution in [1.82, 2.24) is 0 Å². The fourth-order valence-corrected chi connectivity index (χ4v) is 1.73. The maximum absolute atomic E-state index is 6.23. The van der Waals surface area contributed by atoms with Crippen molar-refractivity contribution in [2.75, 3.05) is 0 Å². The van der Waals surface area contributed by atoms with Gasteiger partial charge >= 0.3 is 0 Å². The molecule has 1 rings (SSSR count). The molecule has 0 spiro atoms. The van der Waals surface area contributed by atoms with Gasteiger partial charge in [0.25, 0.3) is 0 Å². The molecule has 0 saturated carbocycles. The van der Waals surface area contributed by atoms with Crippen molar-refractivity contribution in [3.63, 3.8) is 0 Å². The first-order valence-electron chi connectivity index (χ1n) is 5.47. The molecule has 1 aromatic rings. The maximum Gasteiger partial charge on any atom is 0.0166 e. The third kappa shape index (κ3) is 3.93. The number of unbranched alkanes of at least 4 members (excludes halogenated alkanes) is 1. The van der Waals surface area contributed by atoms with E-state index < -0.39 is 0 Å². The van der Waals surface area contributed by atoms with E-state index in [1.165, 1.54) is 18.4 Å². The second-order valence-electron chi connectivity index (χ2n) is 4.42. The molecule has 1 unspecified atom stereocenters. The maximum atomic E-state index is 6.23. The number of hydrogen-bond acceptors (Lipinski definition) is 1. The molecule has 1 atom stereocenters. The highest BCUT2D eigenvalue weighted by Gasteiger charge is 2.17. The average molecular weight is 191 g/mol. The summed E-state index contributed by atoms with van der Waals surface area (Å²) in [5.41, 5.74) is 7.53. The summed E-state index contributed by atoms with van der Waals surface area (Å²) in [6.07, 6.45) is 4.54. The Kier molecular flexibility index (Phi) is 4.15. The van der Waals surface area contributed by atoms with E-state index in [-0.39, 0.29) is 5.54 Å². The zero-order chi connectivity index (χ0) is 10.4. The van der Waals surface area contributed by atoms with Crippen LogP contribution in [0.4, 0.5) is 0 Å². The van der Waals surface area contributed by atoms with Gasteiger partial charge in [-0.15, -0.1) is 0 Å². The molecule has 0 aromatic heterocycles. The number of rotatable bonds is 5. The van der Waals surface area contributed by atoms with Gasteiger partial charge in [0, 0.05) is 5.54 Å². The fourth-order valence-electron chi connectivity index (χ4n) is 1.73. The van der Waals surface area contributed by atoms with Gasteiger partial charge < -0.3 is 5.73 Å². The van der Waals surface area contributed by atoms with Crippen LogP contribution < -0.4 is 5.73 Å². The molecule has 0 bridgehead atoms. The van der Waals surface area contributed by atoms with Crippen molar-refractivity contribution in [2.45, 2.75) is 45.1 Å². The van der Waals surface area contributed by atoms with E-state index in [4.69, 9.17) is 5.73 Å². The first-order chi connectivity index (χ1) is 6.64. The van der Waals surface area contributed by atoms with Crippen molar-refractivity contribution in [1.29, 1.82) is 0 Å². The Balaban J connectivity index is 2.50. The molecular formula is C13H21N. The minimum Gasteiger partial charge on any atom is -0.325 e. The second-order valence-corrected chi connectivity index (χ2v) is 4.42. The summed E-state index contributed by atoms with van der Waals surface area (Å²) < 4.78 is 0. The highest BCUT2D eigenvalue weighted by molar-refractivity contribution is 5.17. The van der Waals surface area contributed by atoms with Crippen LogP contribution in [-0.2, 0) is 6.42 Å². The molecule has 0 aliphatic heterocycles. The van der Waals surface area contributed by atoms with Crippen molar-refractivity contribution in [2.24, 2.45) is 5.73 Å². The predicted octanol–water partition coefficient (Wildman–Crippen LogP) is 3.14. The first-order valence-corrected chi connectivity index (χ1v) is 5.47. The Morgan fingerprint density at radius 2 is 1.86 bits per heavy atom. The van der Waals surface area contributed by atoms with Crippen LogP contribution in [-0.4, -0.2) is 5.54 Å². The number of benzene rings is 1. The smallest absolute Gasteiger partial charge is 0.0166 e. The first kappa shape index (κ1) is 11.3. The molecule has 78 valence electrons. The highest BCUT2D eigenvalue weighted by Crippen LogP contribution is 2.16. The lowest BCUT2D eigenvalue weighted by molar-refractivity contribution is 0.414. The van der Waals surface area contributed by atoms with E-state index in [9.17, 15) is 0 Å². The van der Waals surface area contributed by atoms with Crippen LogP contribution >= 0.6 is 0 Å². The lowest BCUT2D eigenvalue weighted by Crippen LogP contribution is -2.38. The third-order valence-electron chi connectivity index (χ3n) is 2.55. The molecule has 0 aliphatic rings. The van der Waals surface area contributed by atoms with Crippen molar-refractivity contribution in [3.8, 4) is 0 Å². The minimum absolute atomic E-state index is 0.0443. The lowest BCUT2D eigenvalue weighted by Gasteiger charge is -2.24. The van der Waals surface area contributed by atoms with Gasteiger partial charge in [-0.25, -0.2) is 0 Å². The standard InChI is InChI=1S/C13H21N/c1-3-4-10-13(2,14)11-12-8-6-5-7-9-12/h5-9H,3-4,10-11,14H2,1-2H3. The topological polar surface area (TPSA) is 26.0 Å². The molecule has 2 N–H and O–H groups in total. The Morgan fingerprint density at radius 1 is 1.21 bits per heavy atom. The molecular weight excluding hydrogens is 170 g/mol. The average Bonchev–Trinajstić information content (AvgIpc) is 2.16. The van der Waals surface area contributed by atoms with Crippen LogP contribution in [0.15, 0.2) is 30.3 Å². The van der Waals surface area contributed by atoms with Gasteiger partial charge in [0.05, 0.1) is 0 Å². The van der Waals surface area contributed by atoms with Crippen molar-refractivity contribution >= 4 is 0 Å². The molecule has 0 aliphatic carbocycles. The van der Waals surface area contributed by atoms with Gasteiger partial charge in [-0.2, -0.15) is 0 Å². The predicted molar refractivity (Wildman–Crippen MR) is 62.3 cm³/mol. The highest BCUT2D eigenvalue weighted by atomic mass is 14.7. The van der Waals surface area contributed by atoms with Crippen molar-refractivity contribution in [3.05, 3.63) is 35.9 Å². The van der Waals surface area contributed by atoms with Crippen molar-refractivity contribution < 1.29 is 0 Å². The zero-order valence-electron chi connectivity index (χ0n) is 9.29. The summed E-state index contributed by atoms with van der Waals surface area (Å²) in [5.74, 6) is 0. The Hall–Kier alpha value is -0.820. The molecule has 0 radical (unpaired) electrons. The van der Waals surface area contributed by atoms with E-state index in [0.29, 0.717) is 0 Å². The molecule has 1 aromatic carbocycles. The van der Waals surface area contributed by atoms with E-state index in [1.54, 1.807) is 0 Å². The second kappa shape index (κ2) is 5.16. The molecule has 0 amide bonds. The fraction of sp³-hybridized carbons (Fsp3) is 0.538. The van der Waals surface area contributed by atoms with Gasteiger partial charge in [-0.05, 0) is 25.3 Å². The summed E-state index contributed by atoms with van der Waals surface area (Å²) >= 11 is 0. The van der Waals surface area contributed by atoms with E-state index in [0.717, 1.165) is 12.8 Å². The summed E-state index contributed by atoms with van der Waals surface area (Å²) in [4.78, 5) is 0. The molecule has 1 nitrogen and oxygen atoms in total. The van der Waals surface area contributed by atoms with Gasteiger partial charge in [-0.1, -0.05) is 50.1 Å². The Labute approximate surface area is 87.3 Å². The number of hydrogen-bond donors (Lipinski definition) is 1. The SMILES string of the molecule is CCCCC(C)(N)Cc1ccccc1. The van der Waals surface area contributed by atoms with E-state index >= 15 is 0 Å². The molecule has 0 saturated heterocycles. The van der Waals surface area contributed by atoms with E-state index in [2.05, 4.69) is 38.1 Å². The van der Waals surface area contributed by atoms with Gasteiger partial charge in [0.15, 0.2) is 0 Å². The van der Waals surface area contributed by atoms with Gasteiger partial charge in [0.1, 0.15) is 0 Å². The number of nitrogens with two attached hydrogens (primary N) is 1. The Bertz CT molecular complexity index is 251. The third-order valence-corrected chi connectivity index (χ3v) is 2.55. The summed E-state index contributed by atoms with van der Waals surface area (Å²) in [7, 11) is 0. The lowest BCUT2D eigenvalue weighted by atomic mass is 9.89. The van der Waals surface area contributed by atoms with Crippen LogP contribution in [0.1, 0.15) is 38.7 Å². The normalized spacial score (nSPS) is 15.1. The Morgan fingerprint density at radius 3 is 2.43 bits per heavy atom. The van der Waals surface area contributed by atoms with E-state index in [1.807, 2.05) is 6.07 Å². The molecule has 1 heteroatoms. The summed E-state index contributed by atoms with van der Waals surface area (Å²) in [6, 6.07) is 10.5. The van der Waals surface area contributed by atoms with Gasteiger partial charge in [-0.3, -0.25) is 0 Å². The largest absolute Gasteiger partial charge is 0.325 e. The van der Waals surface area contributed by atoms with Crippen LogP contribution in [0.2, 0.25) is 0 Å². The van der Waals surface area contributed by atoms with Crippen LogP contribution in [0.3, 0.4) is 0 Å². The molecule has 0 fully saturated rings. The van der Waals surface area contributed by atoms with Crippen LogP contribution in [0.5, 0.6) is 0 Å². The summed E-state index contributed by atoms with van der Waals surface area (Å²) in [6.45, 7) is 4.36. The van der Waals surface area contributed by atoms with Crippen LogP contribution in [0, 0.1) is 0 Å². The summed E-state index contributed by atoms with van der Waals surface area (Å²) in [5, 5.41) is 0. The molecule has 0 heterocycles.